The first-order valence-electron chi connectivity index (χ1n) is 3.47. The molecule has 0 aliphatic heterocycles. The summed E-state index contributed by atoms with van der Waals surface area (Å²) in [5.41, 5.74) is 1.20. The van der Waals surface area contributed by atoms with Gasteiger partial charge in [0.25, 0.3) is 0 Å². The van der Waals surface area contributed by atoms with E-state index in [0.717, 1.165) is 17.9 Å². The lowest BCUT2D eigenvalue weighted by Crippen LogP contribution is -1.84. The molecule has 0 amide bonds. The molecule has 0 heterocycles. The molecule has 0 saturated carbocycles. The van der Waals surface area contributed by atoms with E-state index >= 15 is 0 Å². The molecular formula is C9H9ClI. The second kappa shape index (κ2) is 4.31. The van der Waals surface area contributed by atoms with Crippen molar-refractivity contribution in [2.24, 2.45) is 0 Å². The van der Waals surface area contributed by atoms with Crippen LogP contribution in [0.1, 0.15) is 12.0 Å². The van der Waals surface area contributed by atoms with E-state index in [1.807, 2.05) is 6.07 Å². The molecule has 1 rings (SSSR count). The first kappa shape index (κ1) is 9.33. The van der Waals surface area contributed by atoms with Crippen LogP contribution in [0.15, 0.2) is 18.2 Å². The average Bonchev–Trinajstić information content (AvgIpc) is 1.95. The maximum Gasteiger partial charge on any atom is 0.0448 e. The van der Waals surface area contributed by atoms with E-state index in [-0.39, 0.29) is 0 Å². The maximum atomic E-state index is 5.98. The van der Waals surface area contributed by atoms with E-state index in [1.165, 1.54) is 9.13 Å². The minimum Gasteiger partial charge on any atom is -0.0840 e. The van der Waals surface area contributed by atoms with Gasteiger partial charge in [0.05, 0.1) is 0 Å². The quantitative estimate of drug-likeness (QED) is 0.724. The maximum absolute atomic E-state index is 5.98. The van der Waals surface area contributed by atoms with Crippen LogP contribution in [0.2, 0.25) is 5.02 Å². The van der Waals surface area contributed by atoms with Crippen LogP contribution in [-0.2, 0) is 6.42 Å². The smallest absolute Gasteiger partial charge is 0.0448 e. The Morgan fingerprint density at radius 1 is 1.45 bits per heavy atom. The molecule has 1 aromatic rings. The zero-order chi connectivity index (χ0) is 8.27. The standard InChI is InChI=1S/C9H9ClI/c1-2-3-7-4-5-8(11)6-9(7)10/h4-6H,1-3H2. The lowest BCUT2D eigenvalue weighted by Gasteiger charge is -2.01. The molecule has 0 aliphatic rings. The van der Waals surface area contributed by atoms with E-state index in [4.69, 9.17) is 11.6 Å². The molecule has 0 spiro atoms. The third kappa shape index (κ3) is 2.64. The monoisotopic (exact) mass is 279 g/mol. The molecule has 0 N–H and O–H groups in total. The summed E-state index contributed by atoms with van der Waals surface area (Å²) in [4.78, 5) is 0. The van der Waals surface area contributed by atoms with Crippen LogP contribution in [0.5, 0.6) is 0 Å². The van der Waals surface area contributed by atoms with E-state index in [0.29, 0.717) is 0 Å². The van der Waals surface area contributed by atoms with Crippen molar-refractivity contribution in [2.45, 2.75) is 12.8 Å². The molecule has 0 aromatic heterocycles. The van der Waals surface area contributed by atoms with Crippen molar-refractivity contribution >= 4 is 34.2 Å². The number of rotatable bonds is 2. The highest BCUT2D eigenvalue weighted by molar-refractivity contribution is 14.1. The minimum absolute atomic E-state index is 0.862. The van der Waals surface area contributed by atoms with Crippen LogP contribution in [0.25, 0.3) is 0 Å². The van der Waals surface area contributed by atoms with E-state index in [9.17, 15) is 0 Å². The molecule has 0 aliphatic carbocycles. The van der Waals surface area contributed by atoms with E-state index in [2.05, 4.69) is 41.6 Å². The third-order valence-corrected chi connectivity index (χ3v) is 2.48. The van der Waals surface area contributed by atoms with Gasteiger partial charge in [-0.1, -0.05) is 24.6 Å². The van der Waals surface area contributed by atoms with Gasteiger partial charge >= 0.3 is 0 Å². The van der Waals surface area contributed by atoms with Crippen LogP contribution in [0, 0.1) is 10.5 Å². The molecule has 0 unspecified atom stereocenters. The summed E-state index contributed by atoms with van der Waals surface area (Å²) in [5, 5.41) is 0.862. The Kier molecular flexibility index (Phi) is 3.66. The molecule has 0 atom stereocenters. The van der Waals surface area contributed by atoms with Gasteiger partial charge < -0.3 is 0 Å². The largest absolute Gasteiger partial charge is 0.0840 e. The van der Waals surface area contributed by atoms with E-state index in [1.54, 1.807) is 0 Å². The zero-order valence-electron chi connectivity index (χ0n) is 6.11. The van der Waals surface area contributed by atoms with Crippen LogP contribution in [0.4, 0.5) is 0 Å². The molecule has 0 nitrogen and oxygen atoms in total. The van der Waals surface area contributed by atoms with Crippen LogP contribution in [-0.4, -0.2) is 0 Å². The Morgan fingerprint density at radius 2 is 2.18 bits per heavy atom. The highest BCUT2D eigenvalue weighted by atomic mass is 127. The summed E-state index contributed by atoms with van der Waals surface area (Å²) in [7, 11) is 0. The highest BCUT2D eigenvalue weighted by Crippen LogP contribution is 2.19. The lowest BCUT2D eigenvalue weighted by molar-refractivity contribution is 0.999. The van der Waals surface area contributed by atoms with E-state index < -0.39 is 0 Å². The summed E-state index contributed by atoms with van der Waals surface area (Å²) in [5.74, 6) is 0. The topological polar surface area (TPSA) is 0 Å². The van der Waals surface area contributed by atoms with Crippen molar-refractivity contribution < 1.29 is 0 Å². The number of aryl methyl sites for hydroxylation is 1. The Bertz CT molecular complexity index is 245. The fourth-order valence-electron chi connectivity index (χ4n) is 0.915. The fraction of sp³-hybridized carbons (Fsp3) is 0.222. The van der Waals surface area contributed by atoms with Crippen LogP contribution < -0.4 is 0 Å². The fourth-order valence-corrected chi connectivity index (χ4v) is 1.87. The SMILES string of the molecule is [CH2]CCc1ccc(I)cc1Cl. The summed E-state index contributed by atoms with van der Waals surface area (Å²) < 4.78 is 1.18. The molecule has 1 aromatic carbocycles. The van der Waals surface area contributed by atoms with Gasteiger partial charge in [-0.05, 0) is 53.1 Å². The molecule has 1 radical (unpaired) electrons. The summed E-state index contributed by atoms with van der Waals surface area (Å²) in [6.07, 6.45) is 1.87. The van der Waals surface area contributed by atoms with Crippen LogP contribution >= 0.6 is 34.2 Å². The Hall–Kier alpha value is 0.240. The van der Waals surface area contributed by atoms with Crippen molar-refractivity contribution in [3.63, 3.8) is 0 Å². The summed E-state index contributed by atoms with van der Waals surface area (Å²) in [6.45, 7) is 3.78. The molecule has 59 valence electrons. The van der Waals surface area contributed by atoms with Crippen molar-refractivity contribution in [3.05, 3.63) is 39.3 Å². The van der Waals surface area contributed by atoms with Gasteiger partial charge in [0.1, 0.15) is 0 Å². The second-order valence-electron chi connectivity index (χ2n) is 2.34. The Morgan fingerprint density at radius 3 is 2.73 bits per heavy atom. The minimum atomic E-state index is 0.862. The summed E-state index contributed by atoms with van der Waals surface area (Å²) >= 11 is 8.23. The second-order valence-corrected chi connectivity index (χ2v) is 3.99. The predicted octanol–water partition coefficient (Wildman–Crippen LogP) is 3.71. The molecule has 11 heavy (non-hydrogen) atoms. The first-order chi connectivity index (χ1) is 5.24. The number of halogens is 2. The van der Waals surface area contributed by atoms with Gasteiger partial charge in [-0.15, -0.1) is 0 Å². The normalized spacial score (nSPS) is 10.1. The van der Waals surface area contributed by atoms with Gasteiger partial charge in [-0.3, -0.25) is 0 Å². The lowest BCUT2D eigenvalue weighted by atomic mass is 10.1. The third-order valence-electron chi connectivity index (χ3n) is 1.46. The molecular weight excluding hydrogens is 270 g/mol. The number of hydrogen-bond acceptors (Lipinski definition) is 0. The van der Waals surface area contributed by atoms with Gasteiger partial charge in [0.15, 0.2) is 0 Å². The molecule has 0 saturated heterocycles. The average molecular weight is 280 g/mol. The number of hydrogen-bond donors (Lipinski definition) is 0. The van der Waals surface area contributed by atoms with Crippen molar-refractivity contribution in [1.29, 1.82) is 0 Å². The Balaban J connectivity index is 2.90. The summed E-state index contributed by atoms with van der Waals surface area (Å²) in [6, 6.07) is 6.11. The Labute approximate surface area is 86.1 Å². The van der Waals surface area contributed by atoms with Gasteiger partial charge in [0.2, 0.25) is 0 Å². The van der Waals surface area contributed by atoms with Crippen molar-refractivity contribution in [2.75, 3.05) is 0 Å². The highest BCUT2D eigenvalue weighted by Gasteiger charge is 1.98. The number of benzene rings is 1. The first-order valence-corrected chi connectivity index (χ1v) is 4.93. The van der Waals surface area contributed by atoms with Crippen LogP contribution in [0.3, 0.4) is 0 Å². The molecule has 0 bridgehead atoms. The van der Waals surface area contributed by atoms with Crippen molar-refractivity contribution in [1.82, 2.24) is 0 Å². The van der Waals surface area contributed by atoms with Gasteiger partial charge in [-0.2, -0.15) is 0 Å². The predicted molar refractivity (Wildman–Crippen MR) is 57.8 cm³/mol. The van der Waals surface area contributed by atoms with Crippen molar-refractivity contribution in [3.8, 4) is 0 Å². The zero-order valence-corrected chi connectivity index (χ0v) is 9.02. The van der Waals surface area contributed by atoms with Gasteiger partial charge in [-0.25, -0.2) is 0 Å². The molecule has 0 fully saturated rings. The molecule has 2 heteroatoms. The van der Waals surface area contributed by atoms with Gasteiger partial charge in [0, 0.05) is 8.59 Å².